The van der Waals surface area contributed by atoms with E-state index in [1.165, 1.54) is 6.42 Å². The van der Waals surface area contributed by atoms with E-state index in [-0.39, 0.29) is 24.0 Å². The number of hydrogen-bond acceptors (Lipinski definition) is 3. The highest BCUT2D eigenvalue weighted by Crippen LogP contribution is 2.28. The molecule has 4 unspecified atom stereocenters. The van der Waals surface area contributed by atoms with E-state index >= 15 is 0 Å². The van der Waals surface area contributed by atoms with Crippen LogP contribution >= 0.6 is 11.8 Å². The summed E-state index contributed by atoms with van der Waals surface area (Å²) in [5, 5.41) is 15.4. The molecule has 0 saturated heterocycles. The molecule has 3 N–H and O–H groups in total. The Kier molecular flexibility index (Phi) is 4.96. The van der Waals surface area contributed by atoms with Crippen molar-refractivity contribution in [2.24, 2.45) is 5.92 Å². The number of rotatable bonds is 4. The van der Waals surface area contributed by atoms with Crippen molar-refractivity contribution in [1.29, 1.82) is 0 Å². The predicted octanol–water partition coefficient (Wildman–Crippen LogP) is 1.82. The number of carbonyl (C=O) groups is 2. The number of carbonyl (C=O) groups excluding carboxylic acids is 1. The van der Waals surface area contributed by atoms with E-state index in [4.69, 9.17) is 5.11 Å². The average Bonchev–Trinajstić information content (AvgIpc) is 2.97. The Morgan fingerprint density at radius 1 is 1.16 bits per heavy atom. The van der Waals surface area contributed by atoms with Crippen LogP contribution in [0.3, 0.4) is 0 Å². The Morgan fingerprint density at radius 2 is 1.95 bits per heavy atom. The van der Waals surface area contributed by atoms with Crippen LogP contribution in [0.25, 0.3) is 0 Å². The maximum atomic E-state index is 11.9. The lowest BCUT2D eigenvalue weighted by molar-refractivity contribution is -0.141. The molecule has 5 nitrogen and oxygen atoms in total. The highest BCUT2D eigenvalue weighted by molar-refractivity contribution is 7.99. The topological polar surface area (TPSA) is 78.4 Å². The third-order valence-electron chi connectivity index (χ3n) is 4.19. The van der Waals surface area contributed by atoms with Gasteiger partial charge in [0.25, 0.3) is 0 Å². The van der Waals surface area contributed by atoms with Crippen molar-refractivity contribution in [3.05, 3.63) is 0 Å². The maximum absolute atomic E-state index is 11.9. The smallest absolute Gasteiger partial charge is 0.315 e. The fraction of sp³-hybridized carbons (Fsp3) is 0.846. The summed E-state index contributed by atoms with van der Waals surface area (Å²) in [6, 6.07) is 0.129. The number of aliphatic carboxylic acids is 1. The van der Waals surface area contributed by atoms with Gasteiger partial charge in [-0.15, -0.1) is 0 Å². The fourth-order valence-corrected chi connectivity index (χ4v) is 4.04. The minimum absolute atomic E-state index is 0.00947. The van der Waals surface area contributed by atoms with Crippen LogP contribution in [0.4, 0.5) is 4.79 Å². The van der Waals surface area contributed by atoms with E-state index in [2.05, 4.69) is 16.9 Å². The Morgan fingerprint density at radius 3 is 2.58 bits per heavy atom. The molecule has 0 spiro atoms. The second-order valence-electron chi connectivity index (χ2n) is 5.47. The molecule has 0 aromatic carbocycles. The predicted molar refractivity (Wildman–Crippen MR) is 75.4 cm³/mol. The molecule has 19 heavy (non-hydrogen) atoms. The molecular weight excluding hydrogens is 264 g/mol. The van der Waals surface area contributed by atoms with Gasteiger partial charge in [-0.05, 0) is 38.4 Å². The Hall–Kier alpha value is -0.910. The SMILES string of the molecule is CSC1CCCC1NC(=O)NC1CCC(C(=O)O)C1. The number of carboxylic acid groups (broad SMARTS) is 1. The molecule has 0 aliphatic heterocycles. The lowest BCUT2D eigenvalue weighted by Gasteiger charge is -2.21. The van der Waals surface area contributed by atoms with Gasteiger partial charge >= 0.3 is 12.0 Å². The summed E-state index contributed by atoms with van der Waals surface area (Å²) in [5.41, 5.74) is 0. The second-order valence-corrected chi connectivity index (χ2v) is 6.55. The summed E-state index contributed by atoms with van der Waals surface area (Å²) in [5.74, 6) is -1.04. The summed E-state index contributed by atoms with van der Waals surface area (Å²) in [7, 11) is 0. The van der Waals surface area contributed by atoms with Crippen LogP contribution in [-0.4, -0.2) is 40.7 Å². The Labute approximate surface area is 117 Å². The second kappa shape index (κ2) is 6.50. The summed E-state index contributed by atoms with van der Waals surface area (Å²) in [4.78, 5) is 22.8. The number of hydrogen-bond donors (Lipinski definition) is 3. The van der Waals surface area contributed by atoms with Gasteiger partial charge in [0, 0.05) is 17.3 Å². The van der Waals surface area contributed by atoms with E-state index in [0.717, 1.165) is 19.3 Å². The van der Waals surface area contributed by atoms with Crippen molar-refractivity contribution >= 4 is 23.8 Å². The van der Waals surface area contributed by atoms with Gasteiger partial charge < -0.3 is 15.7 Å². The highest BCUT2D eigenvalue weighted by atomic mass is 32.2. The van der Waals surface area contributed by atoms with Crippen molar-refractivity contribution < 1.29 is 14.7 Å². The molecule has 2 aliphatic rings. The summed E-state index contributed by atoms with van der Waals surface area (Å²) in [6.45, 7) is 0. The average molecular weight is 286 g/mol. The molecule has 0 radical (unpaired) electrons. The zero-order valence-corrected chi connectivity index (χ0v) is 12.0. The van der Waals surface area contributed by atoms with Gasteiger partial charge in [-0.3, -0.25) is 4.79 Å². The van der Waals surface area contributed by atoms with E-state index in [9.17, 15) is 9.59 Å². The number of thioether (sulfide) groups is 1. The molecule has 0 aromatic rings. The molecule has 2 saturated carbocycles. The maximum Gasteiger partial charge on any atom is 0.315 e. The largest absolute Gasteiger partial charge is 0.481 e. The third kappa shape index (κ3) is 3.78. The van der Waals surface area contributed by atoms with Crippen LogP contribution in [-0.2, 0) is 4.79 Å². The zero-order chi connectivity index (χ0) is 13.8. The van der Waals surface area contributed by atoms with Crippen molar-refractivity contribution in [2.45, 2.75) is 55.9 Å². The Bertz CT molecular complexity index is 351. The van der Waals surface area contributed by atoms with Gasteiger partial charge in [0.2, 0.25) is 0 Å². The number of urea groups is 1. The Balaban J connectivity index is 1.74. The first kappa shape index (κ1) is 14.5. The first-order chi connectivity index (χ1) is 9.10. The van der Waals surface area contributed by atoms with Crippen LogP contribution < -0.4 is 10.6 Å². The van der Waals surface area contributed by atoms with Crippen LogP contribution in [0.5, 0.6) is 0 Å². The van der Waals surface area contributed by atoms with Gasteiger partial charge in [0.15, 0.2) is 0 Å². The molecular formula is C13H22N2O3S. The molecule has 0 bridgehead atoms. The first-order valence-corrected chi connectivity index (χ1v) is 8.21. The summed E-state index contributed by atoms with van der Waals surface area (Å²) >= 11 is 1.81. The number of amides is 2. The fourth-order valence-electron chi connectivity index (χ4n) is 3.11. The van der Waals surface area contributed by atoms with Crippen molar-refractivity contribution in [1.82, 2.24) is 10.6 Å². The molecule has 0 heterocycles. The number of nitrogens with one attached hydrogen (secondary N) is 2. The van der Waals surface area contributed by atoms with E-state index in [1.807, 2.05) is 11.8 Å². The van der Waals surface area contributed by atoms with E-state index in [0.29, 0.717) is 18.1 Å². The van der Waals surface area contributed by atoms with Gasteiger partial charge in [0.1, 0.15) is 0 Å². The minimum Gasteiger partial charge on any atom is -0.481 e. The third-order valence-corrected chi connectivity index (χ3v) is 5.36. The van der Waals surface area contributed by atoms with Crippen LogP contribution in [0, 0.1) is 5.92 Å². The van der Waals surface area contributed by atoms with Gasteiger partial charge in [-0.2, -0.15) is 11.8 Å². The van der Waals surface area contributed by atoms with Crippen molar-refractivity contribution in [3.63, 3.8) is 0 Å². The zero-order valence-electron chi connectivity index (χ0n) is 11.2. The van der Waals surface area contributed by atoms with Gasteiger partial charge in [0.05, 0.1) is 5.92 Å². The van der Waals surface area contributed by atoms with Crippen LogP contribution in [0.15, 0.2) is 0 Å². The van der Waals surface area contributed by atoms with E-state index in [1.54, 1.807) is 0 Å². The summed E-state index contributed by atoms with van der Waals surface area (Å²) < 4.78 is 0. The lowest BCUT2D eigenvalue weighted by Crippen LogP contribution is -2.47. The molecule has 6 heteroatoms. The molecule has 2 rings (SSSR count). The van der Waals surface area contributed by atoms with Crippen LogP contribution in [0.1, 0.15) is 38.5 Å². The highest BCUT2D eigenvalue weighted by Gasteiger charge is 2.32. The van der Waals surface area contributed by atoms with Gasteiger partial charge in [-0.25, -0.2) is 4.79 Å². The molecule has 4 atom stereocenters. The number of carboxylic acids is 1. The summed E-state index contributed by atoms with van der Waals surface area (Å²) in [6.07, 6.45) is 7.44. The van der Waals surface area contributed by atoms with Gasteiger partial charge in [-0.1, -0.05) is 6.42 Å². The van der Waals surface area contributed by atoms with Crippen LogP contribution in [0.2, 0.25) is 0 Å². The molecule has 2 fully saturated rings. The molecule has 2 amide bonds. The molecule has 2 aliphatic carbocycles. The minimum atomic E-state index is -0.747. The normalized spacial score (nSPS) is 34.2. The van der Waals surface area contributed by atoms with Crippen molar-refractivity contribution in [2.75, 3.05) is 6.26 Å². The van der Waals surface area contributed by atoms with Crippen molar-refractivity contribution in [3.8, 4) is 0 Å². The quantitative estimate of drug-likeness (QED) is 0.736. The first-order valence-electron chi connectivity index (χ1n) is 6.92. The lowest BCUT2D eigenvalue weighted by atomic mass is 10.1. The molecule has 0 aromatic heterocycles. The molecule has 108 valence electrons. The monoisotopic (exact) mass is 286 g/mol. The standard InChI is InChI=1S/C13H22N2O3S/c1-19-11-4-2-3-10(11)15-13(18)14-9-6-5-8(7-9)12(16)17/h8-11H,2-7H2,1H3,(H,16,17)(H2,14,15,18). The van der Waals surface area contributed by atoms with E-state index < -0.39 is 5.97 Å².